The Hall–Kier alpha value is -1.83. The van der Waals surface area contributed by atoms with Gasteiger partial charge in [0.15, 0.2) is 0 Å². The van der Waals surface area contributed by atoms with Crippen LogP contribution in [0.1, 0.15) is 61.8 Å². The van der Waals surface area contributed by atoms with E-state index in [2.05, 4.69) is 60.3 Å². The van der Waals surface area contributed by atoms with E-state index in [1.54, 1.807) is 5.56 Å². The smallest absolute Gasteiger partial charge is 0.0721 e. The molecule has 26 heavy (non-hydrogen) atoms. The van der Waals surface area contributed by atoms with Gasteiger partial charge in [-0.1, -0.05) is 18.2 Å². The first kappa shape index (κ1) is 15.2. The maximum absolute atomic E-state index is 4.53. The molecule has 0 radical (unpaired) electrons. The fourth-order valence-electron chi connectivity index (χ4n) is 7.67. The fourth-order valence-corrected chi connectivity index (χ4v) is 7.67. The number of nitrogens with zero attached hydrogens (tertiary/aromatic N) is 2. The maximum atomic E-state index is 4.53. The third kappa shape index (κ3) is 1.71. The summed E-state index contributed by atoms with van der Waals surface area (Å²) >= 11 is 0. The van der Waals surface area contributed by atoms with Crippen LogP contribution in [0.3, 0.4) is 0 Å². The molecule has 1 aromatic heterocycles. The fraction of sp³-hybridized carbons (Fsp3) is 0.542. The summed E-state index contributed by atoms with van der Waals surface area (Å²) in [6.07, 6.45) is 11.4. The van der Waals surface area contributed by atoms with Gasteiger partial charge in [0.1, 0.15) is 0 Å². The Bertz CT molecular complexity index is 842. The second-order valence-electron chi connectivity index (χ2n) is 9.43. The average Bonchev–Trinajstić information content (AvgIpc) is 2.90. The van der Waals surface area contributed by atoms with Crippen molar-refractivity contribution in [1.82, 2.24) is 4.98 Å². The molecule has 1 aromatic carbocycles. The molecule has 1 spiro atoms. The molecule has 0 amide bonds. The minimum atomic E-state index is 0.206. The lowest BCUT2D eigenvalue weighted by atomic mass is 9.47. The second-order valence-corrected chi connectivity index (χ2v) is 9.43. The third-order valence-electron chi connectivity index (χ3n) is 8.28. The van der Waals surface area contributed by atoms with E-state index >= 15 is 0 Å². The van der Waals surface area contributed by atoms with Crippen molar-refractivity contribution in [2.45, 2.75) is 57.5 Å². The number of aryl methyl sites for hydroxylation is 1. The molecule has 134 valence electrons. The van der Waals surface area contributed by atoms with Crippen LogP contribution in [0, 0.1) is 30.6 Å². The molecule has 4 aliphatic carbocycles. The molecule has 4 fully saturated rings. The summed E-state index contributed by atoms with van der Waals surface area (Å²) in [6, 6.07) is 11.8. The van der Waals surface area contributed by atoms with Crippen LogP contribution >= 0.6 is 0 Å². The van der Waals surface area contributed by atoms with Crippen LogP contribution in [0.5, 0.6) is 0 Å². The number of hydrogen-bond acceptors (Lipinski definition) is 2. The molecule has 4 saturated carbocycles. The second kappa shape index (κ2) is 5.12. The van der Waals surface area contributed by atoms with Gasteiger partial charge in [0.05, 0.1) is 11.6 Å². The monoisotopic (exact) mass is 344 g/mol. The van der Waals surface area contributed by atoms with Crippen LogP contribution < -0.4 is 4.90 Å². The molecule has 2 aromatic rings. The molecule has 7 rings (SSSR count). The normalized spacial score (nSPS) is 39.6. The van der Waals surface area contributed by atoms with Crippen LogP contribution in [-0.2, 0) is 5.54 Å². The summed E-state index contributed by atoms with van der Waals surface area (Å²) in [5.41, 5.74) is 6.15. The molecule has 5 aliphatic rings. The van der Waals surface area contributed by atoms with Crippen molar-refractivity contribution < 1.29 is 0 Å². The largest absolute Gasteiger partial charge is 0.354 e. The number of anilines is 1. The number of hydrogen-bond donors (Lipinski definition) is 0. The van der Waals surface area contributed by atoms with Gasteiger partial charge in [-0.15, -0.1) is 0 Å². The summed E-state index contributed by atoms with van der Waals surface area (Å²) < 4.78 is 0. The van der Waals surface area contributed by atoms with Crippen molar-refractivity contribution >= 4 is 5.69 Å². The Morgan fingerprint density at radius 2 is 1.65 bits per heavy atom. The van der Waals surface area contributed by atoms with Crippen LogP contribution in [0.4, 0.5) is 5.69 Å². The Labute approximate surface area is 156 Å². The predicted molar refractivity (Wildman–Crippen MR) is 105 cm³/mol. The van der Waals surface area contributed by atoms with Crippen molar-refractivity contribution in [3.63, 3.8) is 0 Å². The number of pyridine rings is 1. The average molecular weight is 345 g/mol. The van der Waals surface area contributed by atoms with Gasteiger partial charge in [-0.25, -0.2) is 0 Å². The van der Waals surface area contributed by atoms with Crippen LogP contribution in [0.2, 0.25) is 0 Å². The third-order valence-corrected chi connectivity index (χ3v) is 8.28. The molecular weight excluding hydrogens is 316 g/mol. The van der Waals surface area contributed by atoms with Gasteiger partial charge in [-0.05, 0) is 98.4 Å². The van der Waals surface area contributed by atoms with Crippen LogP contribution in [0.25, 0.3) is 0 Å². The van der Waals surface area contributed by atoms with Gasteiger partial charge < -0.3 is 4.90 Å². The quantitative estimate of drug-likeness (QED) is 0.667. The Morgan fingerprint density at radius 3 is 2.35 bits per heavy atom. The molecule has 4 bridgehead atoms. The van der Waals surface area contributed by atoms with Crippen molar-refractivity contribution in [3.05, 3.63) is 59.4 Å². The molecule has 1 unspecified atom stereocenters. The van der Waals surface area contributed by atoms with E-state index < -0.39 is 0 Å². The Balaban J connectivity index is 1.62. The molecule has 0 N–H and O–H groups in total. The molecule has 1 atom stereocenters. The molecule has 1 aliphatic heterocycles. The summed E-state index contributed by atoms with van der Waals surface area (Å²) in [5.74, 6) is 3.60. The molecular formula is C24H28N2. The van der Waals surface area contributed by atoms with Gasteiger partial charge in [-0.3, -0.25) is 4.98 Å². The molecule has 2 heteroatoms. The summed E-state index contributed by atoms with van der Waals surface area (Å²) in [7, 11) is 0. The number of aromatic nitrogens is 1. The molecule has 2 heterocycles. The lowest BCUT2D eigenvalue weighted by Gasteiger charge is -2.64. The van der Waals surface area contributed by atoms with E-state index in [0.29, 0.717) is 6.04 Å². The first-order valence-electron chi connectivity index (χ1n) is 10.5. The zero-order chi connectivity index (χ0) is 17.5. The first-order valence-corrected chi connectivity index (χ1v) is 10.5. The van der Waals surface area contributed by atoms with Gasteiger partial charge in [0.25, 0.3) is 0 Å². The highest BCUT2D eigenvalue weighted by molar-refractivity contribution is 5.64. The Morgan fingerprint density at radius 1 is 0.962 bits per heavy atom. The van der Waals surface area contributed by atoms with E-state index in [1.807, 2.05) is 6.20 Å². The zero-order valence-corrected chi connectivity index (χ0v) is 15.9. The lowest BCUT2D eigenvalue weighted by Crippen LogP contribution is -2.62. The van der Waals surface area contributed by atoms with Gasteiger partial charge in [0, 0.05) is 18.1 Å². The van der Waals surface area contributed by atoms with Gasteiger partial charge in [0.2, 0.25) is 0 Å². The van der Waals surface area contributed by atoms with E-state index in [9.17, 15) is 0 Å². The highest BCUT2D eigenvalue weighted by atomic mass is 15.3. The van der Waals surface area contributed by atoms with E-state index in [0.717, 1.165) is 23.7 Å². The van der Waals surface area contributed by atoms with E-state index in [1.165, 1.54) is 48.9 Å². The molecule has 0 saturated heterocycles. The summed E-state index contributed by atoms with van der Waals surface area (Å²) in [6.45, 7) is 4.69. The number of benzene rings is 1. The minimum absolute atomic E-state index is 0.206. The van der Waals surface area contributed by atoms with Gasteiger partial charge >= 0.3 is 0 Å². The zero-order valence-electron chi connectivity index (χ0n) is 15.9. The number of fused-ring (bicyclic) bond motifs is 1. The number of rotatable bonds is 1. The Kier molecular flexibility index (Phi) is 3.00. The van der Waals surface area contributed by atoms with Gasteiger partial charge in [-0.2, -0.15) is 0 Å². The molecule has 2 nitrogen and oxygen atoms in total. The highest BCUT2D eigenvalue weighted by Gasteiger charge is 2.64. The lowest BCUT2D eigenvalue weighted by molar-refractivity contribution is -0.0602. The maximum Gasteiger partial charge on any atom is 0.0721 e. The minimum Gasteiger partial charge on any atom is -0.354 e. The van der Waals surface area contributed by atoms with Crippen LogP contribution in [-0.4, -0.2) is 4.98 Å². The van der Waals surface area contributed by atoms with Crippen LogP contribution in [0.15, 0.2) is 42.7 Å². The topological polar surface area (TPSA) is 16.1 Å². The first-order chi connectivity index (χ1) is 12.7. The highest BCUT2D eigenvalue weighted by Crippen LogP contribution is 2.68. The predicted octanol–water partition coefficient (Wildman–Crippen LogP) is 5.62. The van der Waals surface area contributed by atoms with E-state index in [-0.39, 0.29) is 5.54 Å². The SMILES string of the molecule is Cc1ccccc1N1C(C)c2cnccc2C12C1CC3CC(C1)CC2C3. The van der Waals surface area contributed by atoms with Crippen molar-refractivity contribution in [2.75, 3.05) is 4.90 Å². The van der Waals surface area contributed by atoms with Crippen molar-refractivity contribution in [2.24, 2.45) is 23.7 Å². The van der Waals surface area contributed by atoms with E-state index in [4.69, 9.17) is 0 Å². The number of para-hydroxylation sites is 1. The standard InChI is InChI=1S/C24H28N2/c1-15-5-3-4-6-23(15)26-16(2)21-14-25-8-7-22(21)24(26)19-10-17-9-18(12-19)13-20(24)11-17/h3-8,14,16-20H,9-13H2,1-2H3. The van der Waals surface area contributed by atoms with Crippen molar-refractivity contribution in [3.8, 4) is 0 Å². The van der Waals surface area contributed by atoms with Crippen molar-refractivity contribution in [1.29, 1.82) is 0 Å². The summed E-state index contributed by atoms with van der Waals surface area (Å²) in [4.78, 5) is 7.38. The summed E-state index contributed by atoms with van der Waals surface area (Å²) in [5, 5.41) is 0.